The Morgan fingerprint density at radius 1 is 1.00 bits per heavy atom. The number of methoxy groups -OCH3 is 1. The monoisotopic (exact) mass is 500 g/mol. The minimum atomic E-state index is -0.226. The van der Waals surface area contributed by atoms with Gasteiger partial charge in [0.2, 0.25) is 0 Å². The van der Waals surface area contributed by atoms with Crippen LogP contribution in [0.15, 0.2) is 72.8 Å². The van der Waals surface area contributed by atoms with E-state index in [0.717, 1.165) is 33.7 Å². The zero-order valence-corrected chi connectivity index (χ0v) is 21.5. The van der Waals surface area contributed by atoms with E-state index in [4.69, 9.17) is 18.9 Å². The number of fused-ring (bicyclic) bond motifs is 1. The highest BCUT2D eigenvalue weighted by atomic mass is 16.5. The standard InChI is InChI=1S/C30H32N2O5/c1-4-35-30(33)17-13-23-12-14-25(20-28(23)36-18-8-11-22-9-6-5-7-10-22)37-21-29-31-26-16-15-24(34-3)19-27(26)32(29)2/h5-12,14-16,19-20H,4,13,17-18,21H2,1-3H3. The summed E-state index contributed by atoms with van der Waals surface area (Å²) in [5, 5.41) is 0. The Morgan fingerprint density at radius 2 is 1.81 bits per heavy atom. The van der Waals surface area contributed by atoms with E-state index in [1.807, 2.05) is 90.5 Å². The second-order valence-electron chi connectivity index (χ2n) is 8.43. The van der Waals surface area contributed by atoms with Crippen LogP contribution in [-0.4, -0.2) is 35.8 Å². The van der Waals surface area contributed by atoms with Crippen LogP contribution in [0.25, 0.3) is 17.1 Å². The van der Waals surface area contributed by atoms with Crippen LogP contribution < -0.4 is 14.2 Å². The van der Waals surface area contributed by atoms with Crippen molar-refractivity contribution in [3.05, 3.63) is 89.8 Å². The largest absolute Gasteiger partial charge is 0.497 e. The van der Waals surface area contributed by atoms with Gasteiger partial charge in [-0.2, -0.15) is 0 Å². The zero-order chi connectivity index (χ0) is 26.0. The average Bonchev–Trinajstić information content (AvgIpc) is 3.24. The molecule has 7 nitrogen and oxygen atoms in total. The molecule has 37 heavy (non-hydrogen) atoms. The molecule has 1 heterocycles. The van der Waals surface area contributed by atoms with E-state index >= 15 is 0 Å². The molecule has 0 unspecified atom stereocenters. The molecule has 1 aromatic heterocycles. The SMILES string of the molecule is CCOC(=O)CCc1ccc(OCc2nc3ccc(OC)cc3n2C)cc1OCC=Cc1ccccc1. The van der Waals surface area contributed by atoms with Crippen LogP contribution >= 0.6 is 0 Å². The summed E-state index contributed by atoms with van der Waals surface area (Å²) in [7, 11) is 3.61. The average molecular weight is 501 g/mol. The molecule has 0 saturated heterocycles. The van der Waals surface area contributed by atoms with Gasteiger partial charge in [0, 0.05) is 25.6 Å². The molecule has 0 radical (unpaired) electrons. The maximum atomic E-state index is 11.9. The smallest absolute Gasteiger partial charge is 0.306 e. The second-order valence-corrected chi connectivity index (χ2v) is 8.43. The van der Waals surface area contributed by atoms with E-state index in [1.165, 1.54) is 0 Å². The number of carbonyl (C=O) groups excluding carboxylic acids is 1. The van der Waals surface area contributed by atoms with Gasteiger partial charge in [-0.15, -0.1) is 0 Å². The summed E-state index contributed by atoms with van der Waals surface area (Å²) in [6, 6.07) is 21.5. The van der Waals surface area contributed by atoms with E-state index in [0.29, 0.717) is 37.7 Å². The minimum absolute atomic E-state index is 0.226. The number of nitrogens with zero attached hydrogens (tertiary/aromatic N) is 2. The molecular weight excluding hydrogens is 468 g/mol. The molecule has 0 atom stereocenters. The van der Waals surface area contributed by atoms with Gasteiger partial charge >= 0.3 is 5.97 Å². The number of benzene rings is 3. The Labute approximate surface area is 217 Å². The fourth-order valence-corrected chi connectivity index (χ4v) is 3.95. The van der Waals surface area contributed by atoms with Crippen LogP contribution in [0.5, 0.6) is 17.2 Å². The first-order valence-corrected chi connectivity index (χ1v) is 12.3. The summed E-state index contributed by atoms with van der Waals surface area (Å²) in [6.07, 6.45) is 4.78. The Hall–Kier alpha value is -4.26. The normalized spacial score (nSPS) is 11.1. The van der Waals surface area contributed by atoms with Gasteiger partial charge in [0.05, 0.1) is 24.8 Å². The Morgan fingerprint density at radius 3 is 2.59 bits per heavy atom. The Balaban J connectivity index is 1.47. The maximum Gasteiger partial charge on any atom is 0.306 e. The summed E-state index contributed by atoms with van der Waals surface area (Å²) in [4.78, 5) is 16.6. The van der Waals surface area contributed by atoms with Crippen molar-refractivity contribution in [2.45, 2.75) is 26.4 Å². The molecule has 0 aliphatic heterocycles. The highest BCUT2D eigenvalue weighted by molar-refractivity contribution is 5.77. The van der Waals surface area contributed by atoms with Gasteiger partial charge in [-0.1, -0.05) is 42.5 Å². The van der Waals surface area contributed by atoms with Crippen molar-refractivity contribution < 1.29 is 23.7 Å². The molecule has 0 aliphatic rings. The fourth-order valence-electron chi connectivity index (χ4n) is 3.95. The summed E-state index contributed by atoms with van der Waals surface area (Å²) < 4.78 is 24.6. The Bertz CT molecular complexity index is 1360. The lowest BCUT2D eigenvalue weighted by Crippen LogP contribution is -2.07. The highest BCUT2D eigenvalue weighted by Gasteiger charge is 2.12. The molecule has 4 aromatic rings. The lowest BCUT2D eigenvalue weighted by molar-refractivity contribution is -0.143. The van der Waals surface area contributed by atoms with Crippen LogP contribution in [-0.2, 0) is 29.6 Å². The number of aryl methyl sites for hydroxylation is 2. The molecule has 0 saturated carbocycles. The number of carbonyl (C=O) groups is 1. The van der Waals surface area contributed by atoms with Crippen LogP contribution in [0.2, 0.25) is 0 Å². The van der Waals surface area contributed by atoms with Crippen molar-refractivity contribution in [1.29, 1.82) is 0 Å². The number of aromatic nitrogens is 2. The fraction of sp³-hybridized carbons (Fsp3) is 0.267. The first kappa shape index (κ1) is 25.8. The predicted octanol–water partition coefficient (Wildman–Crippen LogP) is 5.75. The first-order chi connectivity index (χ1) is 18.1. The van der Waals surface area contributed by atoms with Crippen LogP contribution in [0.4, 0.5) is 0 Å². The van der Waals surface area contributed by atoms with Gasteiger partial charge in [-0.3, -0.25) is 4.79 Å². The number of rotatable bonds is 12. The third-order valence-electron chi connectivity index (χ3n) is 5.94. The van der Waals surface area contributed by atoms with Crippen LogP contribution in [0.1, 0.15) is 30.3 Å². The van der Waals surface area contributed by atoms with Crippen molar-refractivity contribution in [2.24, 2.45) is 7.05 Å². The van der Waals surface area contributed by atoms with Crippen LogP contribution in [0, 0.1) is 0 Å². The topological polar surface area (TPSA) is 71.8 Å². The summed E-state index contributed by atoms with van der Waals surface area (Å²) in [6.45, 7) is 2.85. The minimum Gasteiger partial charge on any atom is -0.497 e. The van der Waals surface area contributed by atoms with Gasteiger partial charge in [-0.05, 0) is 48.7 Å². The van der Waals surface area contributed by atoms with Gasteiger partial charge in [0.15, 0.2) is 0 Å². The molecular formula is C30H32N2O5. The van der Waals surface area contributed by atoms with E-state index in [2.05, 4.69) is 4.98 Å². The molecule has 192 valence electrons. The molecule has 0 fully saturated rings. The highest BCUT2D eigenvalue weighted by Crippen LogP contribution is 2.28. The van der Waals surface area contributed by atoms with Crippen LogP contribution in [0.3, 0.4) is 0 Å². The Kier molecular flexibility index (Phi) is 8.81. The number of imidazole rings is 1. The van der Waals surface area contributed by atoms with Crippen molar-refractivity contribution in [3.8, 4) is 17.2 Å². The molecule has 0 spiro atoms. The molecule has 3 aromatic carbocycles. The molecule has 0 N–H and O–H groups in total. The number of hydrogen-bond donors (Lipinski definition) is 0. The maximum absolute atomic E-state index is 11.9. The lowest BCUT2D eigenvalue weighted by Gasteiger charge is -2.13. The molecule has 7 heteroatoms. The van der Waals surface area contributed by atoms with Gasteiger partial charge in [0.1, 0.15) is 36.3 Å². The van der Waals surface area contributed by atoms with Crippen molar-refractivity contribution in [2.75, 3.05) is 20.3 Å². The summed E-state index contributed by atoms with van der Waals surface area (Å²) >= 11 is 0. The number of hydrogen-bond acceptors (Lipinski definition) is 6. The zero-order valence-electron chi connectivity index (χ0n) is 21.5. The summed E-state index contributed by atoms with van der Waals surface area (Å²) in [5.41, 5.74) is 3.88. The van der Waals surface area contributed by atoms with E-state index in [1.54, 1.807) is 14.0 Å². The predicted molar refractivity (Wildman–Crippen MR) is 144 cm³/mol. The van der Waals surface area contributed by atoms with Crippen molar-refractivity contribution in [1.82, 2.24) is 9.55 Å². The van der Waals surface area contributed by atoms with Crippen molar-refractivity contribution >= 4 is 23.1 Å². The lowest BCUT2D eigenvalue weighted by atomic mass is 10.1. The van der Waals surface area contributed by atoms with Gasteiger partial charge < -0.3 is 23.5 Å². The molecule has 0 aliphatic carbocycles. The first-order valence-electron chi connectivity index (χ1n) is 12.3. The van der Waals surface area contributed by atoms with Crippen molar-refractivity contribution in [3.63, 3.8) is 0 Å². The van der Waals surface area contributed by atoms with E-state index < -0.39 is 0 Å². The van der Waals surface area contributed by atoms with Gasteiger partial charge in [-0.25, -0.2) is 4.98 Å². The molecule has 0 bridgehead atoms. The third kappa shape index (κ3) is 6.91. The van der Waals surface area contributed by atoms with E-state index in [-0.39, 0.29) is 12.4 Å². The second kappa shape index (κ2) is 12.6. The van der Waals surface area contributed by atoms with E-state index in [9.17, 15) is 4.79 Å². The van der Waals surface area contributed by atoms with Gasteiger partial charge in [0.25, 0.3) is 0 Å². The summed E-state index contributed by atoms with van der Waals surface area (Å²) in [5.74, 6) is 2.68. The number of esters is 1. The quantitative estimate of drug-likeness (QED) is 0.231. The third-order valence-corrected chi connectivity index (χ3v) is 5.94. The molecule has 0 amide bonds. The molecule has 4 rings (SSSR count). The number of ether oxygens (including phenoxy) is 4.